The van der Waals surface area contributed by atoms with Crippen LogP contribution in [-0.2, 0) is 11.3 Å². The number of halogens is 1. The second-order valence-corrected chi connectivity index (χ2v) is 6.92. The average molecular weight is 424 g/mol. The monoisotopic (exact) mass is 423 g/mol. The topological polar surface area (TPSA) is 106 Å². The molecular formula is C21H14ClN3O5. The van der Waals surface area contributed by atoms with Crippen LogP contribution in [0.2, 0.25) is 5.02 Å². The highest BCUT2D eigenvalue weighted by molar-refractivity contribution is 6.30. The van der Waals surface area contributed by atoms with Crippen LogP contribution in [0, 0.1) is 10.1 Å². The van der Waals surface area contributed by atoms with Gasteiger partial charge in [-0.05, 0) is 35.9 Å². The van der Waals surface area contributed by atoms with Gasteiger partial charge in [-0.2, -0.15) is 0 Å². The largest absolute Gasteiger partial charge is 0.456 e. The van der Waals surface area contributed by atoms with Crippen LogP contribution in [0.4, 0.5) is 10.5 Å². The number of rotatable bonds is 5. The van der Waals surface area contributed by atoms with Crippen LogP contribution in [0.1, 0.15) is 11.3 Å². The summed E-state index contributed by atoms with van der Waals surface area (Å²) in [6.07, 6.45) is 1.39. The number of nitro benzene ring substituents is 1. The molecule has 4 rings (SSSR count). The van der Waals surface area contributed by atoms with Crippen LogP contribution in [-0.4, -0.2) is 21.8 Å². The molecule has 0 aliphatic carbocycles. The molecule has 9 heteroatoms. The summed E-state index contributed by atoms with van der Waals surface area (Å²) in [5.74, 6) is 0.0580. The molecular weight excluding hydrogens is 410 g/mol. The lowest BCUT2D eigenvalue weighted by atomic mass is 10.1. The molecule has 0 unspecified atom stereocenters. The van der Waals surface area contributed by atoms with E-state index in [2.05, 4.69) is 5.32 Å². The fraction of sp³-hybridized carbons (Fsp3) is 0.0476. The molecule has 1 N–H and O–H groups in total. The molecule has 0 spiro atoms. The van der Waals surface area contributed by atoms with E-state index in [-0.39, 0.29) is 29.4 Å². The third-order valence-electron chi connectivity index (χ3n) is 4.50. The molecule has 1 fully saturated rings. The summed E-state index contributed by atoms with van der Waals surface area (Å²) in [5.41, 5.74) is 1.03. The number of amides is 3. The number of nitro groups is 1. The molecule has 3 aromatic rings. The lowest BCUT2D eigenvalue weighted by Gasteiger charge is -2.11. The normalized spacial score (nSPS) is 15.0. The van der Waals surface area contributed by atoms with E-state index in [0.29, 0.717) is 10.6 Å². The lowest BCUT2D eigenvalue weighted by molar-refractivity contribution is -0.384. The van der Waals surface area contributed by atoms with Gasteiger partial charge in [0, 0.05) is 17.2 Å². The number of carbonyl (C=O) groups is 2. The molecule has 150 valence electrons. The van der Waals surface area contributed by atoms with E-state index < -0.39 is 16.9 Å². The van der Waals surface area contributed by atoms with Crippen molar-refractivity contribution in [3.05, 3.63) is 92.8 Å². The summed E-state index contributed by atoms with van der Waals surface area (Å²) in [7, 11) is 0. The Morgan fingerprint density at radius 1 is 1.07 bits per heavy atom. The minimum absolute atomic E-state index is 0.0532. The van der Waals surface area contributed by atoms with Crippen LogP contribution in [0.15, 0.2) is 70.8 Å². The third-order valence-corrected chi connectivity index (χ3v) is 4.75. The predicted octanol–water partition coefficient (Wildman–Crippen LogP) is 4.60. The second-order valence-electron chi connectivity index (χ2n) is 6.48. The van der Waals surface area contributed by atoms with E-state index >= 15 is 0 Å². The molecule has 8 nitrogen and oxygen atoms in total. The number of urea groups is 1. The van der Waals surface area contributed by atoms with Crippen LogP contribution in [0.3, 0.4) is 0 Å². The maximum absolute atomic E-state index is 12.6. The van der Waals surface area contributed by atoms with Gasteiger partial charge in [0.05, 0.1) is 17.0 Å². The van der Waals surface area contributed by atoms with E-state index in [1.54, 1.807) is 54.6 Å². The van der Waals surface area contributed by atoms with Gasteiger partial charge in [0.2, 0.25) is 0 Å². The highest BCUT2D eigenvalue weighted by Crippen LogP contribution is 2.31. The van der Waals surface area contributed by atoms with Crippen LogP contribution < -0.4 is 5.32 Å². The summed E-state index contributed by atoms with van der Waals surface area (Å²) in [6, 6.07) is 15.6. The zero-order chi connectivity index (χ0) is 21.3. The van der Waals surface area contributed by atoms with Gasteiger partial charge in [0.25, 0.3) is 11.6 Å². The summed E-state index contributed by atoms with van der Waals surface area (Å²) >= 11 is 5.86. The molecule has 0 radical (unpaired) electrons. The van der Waals surface area contributed by atoms with Crippen molar-refractivity contribution in [2.45, 2.75) is 6.54 Å². The first-order valence-electron chi connectivity index (χ1n) is 8.85. The van der Waals surface area contributed by atoms with Crippen LogP contribution >= 0.6 is 11.6 Å². The average Bonchev–Trinajstić information content (AvgIpc) is 3.30. The molecule has 0 saturated carbocycles. The van der Waals surface area contributed by atoms with Crippen molar-refractivity contribution in [3.63, 3.8) is 0 Å². The molecule has 2 heterocycles. The van der Waals surface area contributed by atoms with Crippen molar-refractivity contribution < 1.29 is 18.9 Å². The number of hydrogen-bond donors (Lipinski definition) is 1. The molecule has 30 heavy (non-hydrogen) atoms. The zero-order valence-electron chi connectivity index (χ0n) is 15.4. The lowest BCUT2D eigenvalue weighted by Crippen LogP contribution is -2.30. The number of imide groups is 1. The van der Waals surface area contributed by atoms with Crippen molar-refractivity contribution in [3.8, 4) is 11.3 Å². The fourth-order valence-corrected chi connectivity index (χ4v) is 3.17. The first-order valence-corrected chi connectivity index (χ1v) is 9.23. The SMILES string of the molecule is O=C1N/C(=C/c2ccc(-c3ccccc3[N+](=O)[O-])o2)C(=O)N1Cc1ccc(Cl)cc1. The molecule has 2 aromatic carbocycles. The van der Waals surface area contributed by atoms with Crippen LogP contribution in [0.25, 0.3) is 17.4 Å². The van der Waals surface area contributed by atoms with Gasteiger partial charge >= 0.3 is 6.03 Å². The Hall–Kier alpha value is -3.91. The highest BCUT2D eigenvalue weighted by atomic mass is 35.5. The molecule has 0 bridgehead atoms. The van der Waals surface area contributed by atoms with Crippen molar-refractivity contribution in [1.29, 1.82) is 0 Å². The highest BCUT2D eigenvalue weighted by Gasteiger charge is 2.33. The summed E-state index contributed by atoms with van der Waals surface area (Å²) in [5, 5.41) is 14.3. The molecule has 1 aliphatic rings. The van der Waals surface area contributed by atoms with Gasteiger partial charge in [-0.3, -0.25) is 19.8 Å². The van der Waals surface area contributed by atoms with E-state index in [1.165, 1.54) is 12.1 Å². The Morgan fingerprint density at radius 3 is 2.53 bits per heavy atom. The zero-order valence-corrected chi connectivity index (χ0v) is 16.1. The Labute approximate surface area is 175 Å². The quantitative estimate of drug-likeness (QED) is 0.279. The van der Waals surface area contributed by atoms with E-state index in [9.17, 15) is 19.7 Å². The predicted molar refractivity (Wildman–Crippen MR) is 109 cm³/mol. The number of nitrogens with one attached hydrogen (secondary N) is 1. The number of para-hydroxylation sites is 1. The molecule has 1 aromatic heterocycles. The van der Waals surface area contributed by atoms with Gasteiger partial charge in [-0.15, -0.1) is 0 Å². The fourth-order valence-electron chi connectivity index (χ4n) is 3.05. The summed E-state index contributed by atoms with van der Waals surface area (Å²) in [6.45, 7) is 0.0960. The van der Waals surface area contributed by atoms with Gasteiger partial charge in [-0.1, -0.05) is 35.9 Å². The van der Waals surface area contributed by atoms with Crippen molar-refractivity contribution >= 4 is 35.3 Å². The first-order chi connectivity index (χ1) is 14.4. The van der Waals surface area contributed by atoms with E-state index in [4.69, 9.17) is 16.0 Å². The third kappa shape index (κ3) is 3.81. The summed E-state index contributed by atoms with van der Waals surface area (Å²) in [4.78, 5) is 36.6. The minimum Gasteiger partial charge on any atom is -0.456 e. The number of hydrogen-bond acceptors (Lipinski definition) is 5. The Bertz CT molecular complexity index is 1180. The summed E-state index contributed by atoms with van der Waals surface area (Å²) < 4.78 is 5.66. The van der Waals surface area contributed by atoms with Crippen molar-refractivity contribution in [2.75, 3.05) is 0 Å². The Morgan fingerprint density at radius 2 is 1.80 bits per heavy atom. The number of furan rings is 1. The van der Waals surface area contributed by atoms with Gasteiger partial charge in [-0.25, -0.2) is 4.79 Å². The molecule has 0 atom stereocenters. The Kier molecular flexibility index (Phi) is 5.07. The standard InChI is InChI=1S/C21H14ClN3O5/c22-14-7-5-13(6-8-14)12-24-20(26)17(23-21(24)27)11-15-9-10-19(30-15)16-3-1-2-4-18(16)25(28)29/h1-11H,12H2,(H,23,27)/b17-11+. The Balaban J connectivity index is 1.56. The minimum atomic E-state index is -0.549. The molecule has 1 saturated heterocycles. The van der Waals surface area contributed by atoms with Crippen molar-refractivity contribution in [1.82, 2.24) is 10.2 Å². The number of carbonyl (C=O) groups excluding carboxylic acids is 2. The van der Waals surface area contributed by atoms with E-state index in [0.717, 1.165) is 10.5 Å². The maximum Gasteiger partial charge on any atom is 0.329 e. The smallest absolute Gasteiger partial charge is 0.329 e. The number of nitrogens with zero attached hydrogens (tertiary/aromatic N) is 2. The first kappa shape index (κ1) is 19.4. The van der Waals surface area contributed by atoms with Gasteiger partial charge < -0.3 is 9.73 Å². The molecule has 3 amide bonds. The second kappa shape index (κ2) is 7.84. The maximum atomic E-state index is 12.6. The number of benzene rings is 2. The van der Waals surface area contributed by atoms with Crippen LogP contribution in [0.5, 0.6) is 0 Å². The molecule has 1 aliphatic heterocycles. The van der Waals surface area contributed by atoms with Gasteiger partial charge in [0.1, 0.15) is 17.2 Å². The van der Waals surface area contributed by atoms with E-state index in [1.807, 2.05) is 0 Å². The van der Waals surface area contributed by atoms with Crippen molar-refractivity contribution in [2.24, 2.45) is 0 Å². The van der Waals surface area contributed by atoms with Gasteiger partial charge in [0.15, 0.2) is 0 Å².